The maximum Gasteiger partial charge on any atom is 0.264 e. The van der Waals surface area contributed by atoms with E-state index in [1.807, 2.05) is 0 Å². The van der Waals surface area contributed by atoms with Gasteiger partial charge in [-0.25, -0.2) is 0 Å². The van der Waals surface area contributed by atoms with Gasteiger partial charge in [0.1, 0.15) is 5.38 Å². The van der Waals surface area contributed by atoms with Crippen molar-refractivity contribution in [2.45, 2.75) is 62.5 Å². The Morgan fingerprint density at radius 2 is 1.50 bits per heavy atom. The molecule has 0 radical (unpaired) electrons. The molecule has 1 unspecified atom stereocenters. The van der Waals surface area contributed by atoms with Crippen molar-refractivity contribution >= 4 is 23.2 Å². The van der Waals surface area contributed by atoms with E-state index in [0.29, 0.717) is 0 Å². The lowest BCUT2D eigenvalue weighted by molar-refractivity contribution is -0.143. The molecule has 1 atom stereocenters. The first kappa shape index (κ1) is 16.5. The predicted octanol–water partition coefficient (Wildman–Crippen LogP) is 4.53. The molecule has 0 aromatic carbocycles. The molecule has 0 saturated carbocycles. The van der Waals surface area contributed by atoms with E-state index in [1.54, 1.807) is 0 Å². The Bertz CT molecular complexity index is 161. The fourth-order valence-electron chi connectivity index (χ4n) is 1.62. The fourth-order valence-corrected chi connectivity index (χ4v) is 2.06. The van der Waals surface area contributed by atoms with Crippen LogP contribution >= 0.6 is 23.2 Å². The molecule has 4 heteroatoms. The summed E-state index contributed by atoms with van der Waals surface area (Å²) in [6, 6.07) is 0. The zero-order chi connectivity index (χ0) is 12.4. The number of unbranched alkanes of at least 4 members (excludes halogenated alkanes) is 5. The standard InChI is InChI=1S/C12H24Cl2O2/c1-4-5-6-7-8-9-10-11(13)12(14,15-2)16-3/h11H,4-10H2,1-3H3. The highest BCUT2D eigenvalue weighted by Crippen LogP contribution is 2.30. The maximum atomic E-state index is 6.15. The van der Waals surface area contributed by atoms with E-state index in [4.69, 9.17) is 32.7 Å². The monoisotopic (exact) mass is 270 g/mol. The molecule has 0 aromatic rings. The van der Waals surface area contributed by atoms with E-state index < -0.39 is 5.25 Å². The predicted molar refractivity (Wildman–Crippen MR) is 70.2 cm³/mol. The number of hydrogen-bond acceptors (Lipinski definition) is 2. The van der Waals surface area contributed by atoms with E-state index in [2.05, 4.69) is 6.92 Å². The van der Waals surface area contributed by atoms with Crippen LogP contribution in [0.3, 0.4) is 0 Å². The van der Waals surface area contributed by atoms with Gasteiger partial charge in [0.2, 0.25) is 0 Å². The Balaban J connectivity index is 3.60. The van der Waals surface area contributed by atoms with Crippen LogP contribution in [0.25, 0.3) is 0 Å². The van der Waals surface area contributed by atoms with E-state index >= 15 is 0 Å². The molecule has 0 saturated heterocycles. The van der Waals surface area contributed by atoms with Gasteiger partial charge >= 0.3 is 0 Å². The van der Waals surface area contributed by atoms with Crippen LogP contribution < -0.4 is 0 Å². The number of hydrogen-bond donors (Lipinski definition) is 0. The largest absolute Gasteiger partial charge is 0.340 e. The van der Waals surface area contributed by atoms with E-state index in [9.17, 15) is 0 Å². The van der Waals surface area contributed by atoms with Crippen LogP contribution in [0.2, 0.25) is 0 Å². The van der Waals surface area contributed by atoms with Crippen molar-refractivity contribution in [2.24, 2.45) is 0 Å². The lowest BCUT2D eigenvalue weighted by atomic mass is 10.1. The highest BCUT2D eigenvalue weighted by molar-refractivity contribution is 6.30. The van der Waals surface area contributed by atoms with E-state index in [1.165, 1.54) is 46.3 Å². The van der Waals surface area contributed by atoms with Crippen molar-refractivity contribution in [3.8, 4) is 0 Å². The molecule has 0 spiro atoms. The van der Waals surface area contributed by atoms with Crippen molar-refractivity contribution < 1.29 is 9.47 Å². The van der Waals surface area contributed by atoms with Crippen molar-refractivity contribution in [1.82, 2.24) is 0 Å². The Morgan fingerprint density at radius 3 is 2.00 bits per heavy atom. The van der Waals surface area contributed by atoms with Crippen molar-refractivity contribution in [3.05, 3.63) is 0 Å². The number of methoxy groups -OCH3 is 2. The van der Waals surface area contributed by atoms with Gasteiger partial charge in [-0.3, -0.25) is 0 Å². The molecule has 0 N–H and O–H groups in total. The summed E-state index contributed by atoms with van der Waals surface area (Å²) in [5, 5.41) is -1.49. The van der Waals surface area contributed by atoms with Gasteiger partial charge < -0.3 is 9.47 Å². The molecule has 0 amide bonds. The first-order valence-electron chi connectivity index (χ1n) is 6.04. The summed E-state index contributed by atoms with van der Waals surface area (Å²) in [5.41, 5.74) is 0. The summed E-state index contributed by atoms with van der Waals surface area (Å²) in [6.45, 7) is 2.22. The summed E-state index contributed by atoms with van der Waals surface area (Å²) in [7, 11) is 3.01. The second-order valence-electron chi connectivity index (χ2n) is 4.01. The third-order valence-electron chi connectivity index (χ3n) is 2.74. The van der Waals surface area contributed by atoms with Gasteiger partial charge in [-0.15, -0.1) is 11.6 Å². The molecule has 16 heavy (non-hydrogen) atoms. The molecule has 0 aliphatic heterocycles. The zero-order valence-corrected chi connectivity index (χ0v) is 12.1. The molecule has 2 nitrogen and oxygen atoms in total. The van der Waals surface area contributed by atoms with Gasteiger partial charge in [-0.05, 0) is 6.42 Å². The molecule has 0 aromatic heterocycles. The third kappa shape index (κ3) is 6.29. The molecule has 0 aliphatic carbocycles. The van der Waals surface area contributed by atoms with Crippen LogP contribution in [0, 0.1) is 0 Å². The summed E-state index contributed by atoms with van der Waals surface area (Å²) in [5.74, 6) is 0. The fraction of sp³-hybridized carbons (Fsp3) is 1.00. The third-order valence-corrected chi connectivity index (χ3v) is 3.93. The maximum absolute atomic E-state index is 6.15. The first-order chi connectivity index (χ1) is 7.60. The SMILES string of the molecule is CCCCCCCCC(Cl)C(Cl)(OC)OC. The highest BCUT2D eigenvalue weighted by atomic mass is 35.5. The minimum Gasteiger partial charge on any atom is -0.340 e. The number of alkyl halides is 2. The smallest absolute Gasteiger partial charge is 0.264 e. The lowest BCUT2D eigenvalue weighted by Crippen LogP contribution is -2.37. The number of ether oxygens (including phenoxy) is 2. The zero-order valence-electron chi connectivity index (χ0n) is 10.6. The summed E-state index contributed by atoms with van der Waals surface area (Å²) >= 11 is 12.2. The average molecular weight is 271 g/mol. The van der Waals surface area contributed by atoms with Crippen LogP contribution in [0.15, 0.2) is 0 Å². The highest BCUT2D eigenvalue weighted by Gasteiger charge is 2.35. The van der Waals surface area contributed by atoms with Crippen molar-refractivity contribution in [2.75, 3.05) is 14.2 Å². The first-order valence-corrected chi connectivity index (χ1v) is 6.85. The van der Waals surface area contributed by atoms with Gasteiger partial charge in [-0.2, -0.15) is 0 Å². The van der Waals surface area contributed by atoms with Gasteiger partial charge in [0, 0.05) is 14.2 Å². The molecule has 0 heterocycles. The van der Waals surface area contributed by atoms with Crippen molar-refractivity contribution in [1.29, 1.82) is 0 Å². The van der Waals surface area contributed by atoms with Crippen LogP contribution in [0.4, 0.5) is 0 Å². The van der Waals surface area contributed by atoms with Crippen LogP contribution in [0.5, 0.6) is 0 Å². The molecular formula is C12H24Cl2O2. The second kappa shape index (κ2) is 9.52. The minimum atomic E-state index is -1.18. The van der Waals surface area contributed by atoms with E-state index in [0.717, 1.165) is 12.8 Å². The van der Waals surface area contributed by atoms with Crippen molar-refractivity contribution in [3.63, 3.8) is 0 Å². The second-order valence-corrected chi connectivity index (χ2v) is 5.07. The Hall–Kier alpha value is 0.500. The Labute approximate surface area is 110 Å². The summed E-state index contributed by atoms with van der Waals surface area (Å²) in [4.78, 5) is 0. The van der Waals surface area contributed by atoms with Crippen LogP contribution in [-0.2, 0) is 9.47 Å². The molecule has 0 bridgehead atoms. The van der Waals surface area contributed by atoms with Gasteiger partial charge in [-0.1, -0.05) is 57.0 Å². The van der Waals surface area contributed by atoms with Crippen LogP contribution in [-0.4, -0.2) is 24.8 Å². The topological polar surface area (TPSA) is 18.5 Å². The molecular weight excluding hydrogens is 247 g/mol. The molecule has 98 valence electrons. The number of rotatable bonds is 10. The Kier molecular flexibility index (Phi) is 9.82. The summed E-state index contributed by atoms with van der Waals surface area (Å²) in [6.07, 6.45) is 8.26. The van der Waals surface area contributed by atoms with Gasteiger partial charge in [0.05, 0.1) is 0 Å². The normalized spacial score (nSPS) is 14.1. The number of halogens is 2. The lowest BCUT2D eigenvalue weighted by Gasteiger charge is -2.28. The van der Waals surface area contributed by atoms with Crippen LogP contribution in [0.1, 0.15) is 51.9 Å². The Morgan fingerprint density at radius 1 is 1.00 bits per heavy atom. The molecule has 0 rings (SSSR count). The quantitative estimate of drug-likeness (QED) is 0.330. The van der Waals surface area contributed by atoms with Gasteiger partial charge in [0.25, 0.3) is 5.25 Å². The average Bonchev–Trinajstić information content (AvgIpc) is 2.32. The minimum absolute atomic E-state index is 0.310. The van der Waals surface area contributed by atoms with E-state index in [-0.39, 0.29) is 5.38 Å². The molecule has 0 aliphatic rings. The van der Waals surface area contributed by atoms with Gasteiger partial charge in [0.15, 0.2) is 0 Å². The molecule has 0 fully saturated rings. The summed E-state index contributed by atoms with van der Waals surface area (Å²) < 4.78 is 10.1.